The molecule has 1 atom stereocenters. The number of carboxylic acid groups (broad SMARTS) is 1. The van der Waals surface area contributed by atoms with Crippen molar-refractivity contribution in [3.8, 4) is 0 Å². The standard InChI is InChI=1S/C15H22N2O3S/c1-11(21-2)9-10-16-15(20)17-13-6-3-12(4-7-13)5-8-14(18)19/h3-4,6-7,11H,5,8-10H2,1-2H3,(H,18,19)(H2,16,17,20). The van der Waals surface area contributed by atoms with E-state index in [9.17, 15) is 9.59 Å². The number of hydrogen-bond donors (Lipinski definition) is 3. The quantitative estimate of drug-likeness (QED) is 0.690. The van der Waals surface area contributed by atoms with Crippen molar-refractivity contribution in [2.24, 2.45) is 0 Å². The van der Waals surface area contributed by atoms with Gasteiger partial charge >= 0.3 is 12.0 Å². The van der Waals surface area contributed by atoms with Gasteiger partial charge in [-0.05, 0) is 36.8 Å². The molecular formula is C15H22N2O3S. The van der Waals surface area contributed by atoms with E-state index in [-0.39, 0.29) is 12.5 Å². The van der Waals surface area contributed by atoms with Gasteiger partial charge in [0.25, 0.3) is 0 Å². The van der Waals surface area contributed by atoms with Gasteiger partial charge in [-0.1, -0.05) is 19.1 Å². The number of carbonyl (C=O) groups excluding carboxylic acids is 1. The Bertz CT molecular complexity index is 462. The Morgan fingerprint density at radius 3 is 2.52 bits per heavy atom. The molecule has 0 radical (unpaired) electrons. The number of anilines is 1. The second-order valence-electron chi connectivity index (χ2n) is 4.81. The fraction of sp³-hybridized carbons (Fsp3) is 0.467. The van der Waals surface area contributed by atoms with E-state index in [1.807, 2.05) is 12.1 Å². The SMILES string of the molecule is CSC(C)CCNC(=O)Nc1ccc(CCC(=O)O)cc1. The number of nitrogens with one attached hydrogen (secondary N) is 2. The number of aliphatic carboxylic acids is 1. The molecule has 2 amide bonds. The van der Waals surface area contributed by atoms with Gasteiger partial charge in [0.15, 0.2) is 0 Å². The van der Waals surface area contributed by atoms with Crippen molar-refractivity contribution in [3.05, 3.63) is 29.8 Å². The number of benzene rings is 1. The third-order valence-electron chi connectivity index (χ3n) is 3.08. The lowest BCUT2D eigenvalue weighted by molar-refractivity contribution is -0.136. The fourth-order valence-electron chi connectivity index (χ4n) is 1.69. The van der Waals surface area contributed by atoms with E-state index in [0.29, 0.717) is 23.9 Å². The van der Waals surface area contributed by atoms with E-state index in [1.54, 1.807) is 23.9 Å². The number of urea groups is 1. The lowest BCUT2D eigenvalue weighted by atomic mass is 10.1. The van der Waals surface area contributed by atoms with Crippen LogP contribution in [-0.2, 0) is 11.2 Å². The molecule has 0 spiro atoms. The van der Waals surface area contributed by atoms with Crippen LogP contribution in [0.25, 0.3) is 0 Å². The summed E-state index contributed by atoms with van der Waals surface area (Å²) in [6.07, 6.45) is 3.59. The molecule has 5 nitrogen and oxygen atoms in total. The van der Waals surface area contributed by atoms with Crippen molar-refractivity contribution in [2.75, 3.05) is 18.1 Å². The van der Waals surface area contributed by atoms with Crippen LogP contribution >= 0.6 is 11.8 Å². The summed E-state index contributed by atoms with van der Waals surface area (Å²) in [7, 11) is 0. The fourth-order valence-corrected chi connectivity index (χ4v) is 2.04. The van der Waals surface area contributed by atoms with E-state index >= 15 is 0 Å². The topological polar surface area (TPSA) is 78.4 Å². The van der Waals surface area contributed by atoms with Gasteiger partial charge in [0.1, 0.15) is 0 Å². The highest BCUT2D eigenvalue weighted by molar-refractivity contribution is 7.99. The van der Waals surface area contributed by atoms with Crippen molar-refractivity contribution in [2.45, 2.75) is 31.4 Å². The first-order valence-corrected chi connectivity index (χ1v) is 8.18. The molecule has 21 heavy (non-hydrogen) atoms. The first kappa shape index (κ1) is 17.4. The Morgan fingerprint density at radius 1 is 1.29 bits per heavy atom. The van der Waals surface area contributed by atoms with Crippen LogP contribution in [-0.4, -0.2) is 35.2 Å². The molecule has 0 aliphatic carbocycles. The highest BCUT2D eigenvalue weighted by Gasteiger charge is 2.04. The Morgan fingerprint density at radius 2 is 1.95 bits per heavy atom. The van der Waals surface area contributed by atoms with E-state index in [1.165, 1.54) is 0 Å². The summed E-state index contributed by atoms with van der Waals surface area (Å²) in [5.41, 5.74) is 1.64. The van der Waals surface area contributed by atoms with E-state index in [0.717, 1.165) is 12.0 Å². The zero-order valence-corrected chi connectivity index (χ0v) is 13.2. The van der Waals surface area contributed by atoms with Crippen LogP contribution in [0.5, 0.6) is 0 Å². The lowest BCUT2D eigenvalue weighted by Gasteiger charge is -2.10. The van der Waals surface area contributed by atoms with Crippen molar-refractivity contribution >= 4 is 29.4 Å². The van der Waals surface area contributed by atoms with Gasteiger partial charge in [0, 0.05) is 23.9 Å². The average Bonchev–Trinajstić information content (AvgIpc) is 2.46. The van der Waals surface area contributed by atoms with Crippen LogP contribution in [0, 0.1) is 0 Å². The molecule has 0 saturated carbocycles. The molecule has 0 aliphatic rings. The van der Waals surface area contributed by atoms with Crippen molar-refractivity contribution in [1.29, 1.82) is 0 Å². The Labute approximate surface area is 129 Å². The zero-order chi connectivity index (χ0) is 15.7. The molecule has 1 unspecified atom stereocenters. The predicted octanol–water partition coefficient (Wildman–Crippen LogP) is 2.97. The van der Waals surface area contributed by atoms with Gasteiger partial charge in [-0.2, -0.15) is 11.8 Å². The summed E-state index contributed by atoms with van der Waals surface area (Å²) in [5.74, 6) is -0.809. The molecule has 116 valence electrons. The molecular weight excluding hydrogens is 288 g/mol. The van der Waals surface area contributed by atoms with Gasteiger partial charge < -0.3 is 15.7 Å². The van der Waals surface area contributed by atoms with Gasteiger partial charge in [-0.25, -0.2) is 4.79 Å². The minimum atomic E-state index is -0.809. The molecule has 0 aromatic heterocycles. The second kappa shape index (κ2) is 9.28. The third-order valence-corrected chi connectivity index (χ3v) is 4.12. The monoisotopic (exact) mass is 310 g/mol. The molecule has 1 rings (SSSR count). The minimum absolute atomic E-state index is 0.112. The largest absolute Gasteiger partial charge is 0.481 e. The first-order valence-electron chi connectivity index (χ1n) is 6.89. The number of rotatable bonds is 8. The molecule has 6 heteroatoms. The Kier molecular flexibility index (Phi) is 7.68. The minimum Gasteiger partial charge on any atom is -0.481 e. The molecule has 0 aliphatic heterocycles. The van der Waals surface area contributed by atoms with Crippen LogP contribution < -0.4 is 10.6 Å². The molecule has 0 heterocycles. The summed E-state index contributed by atoms with van der Waals surface area (Å²) < 4.78 is 0. The highest BCUT2D eigenvalue weighted by Crippen LogP contribution is 2.11. The smallest absolute Gasteiger partial charge is 0.319 e. The van der Waals surface area contributed by atoms with Crippen LogP contribution in [0.1, 0.15) is 25.3 Å². The van der Waals surface area contributed by atoms with Crippen LogP contribution in [0.15, 0.2) is 24.3 Å². The summed E-state index contributed by atoms with van der Waals surface area (Å²) >= 11 is 1.78. The molecule has 0 fully saturated rings. The summed E-state index contributed by atoms with van der Waals surface area (Å²) in [4.78, 5) is 22.2. The second-order valence-corrected chi connectivity index (χ2v) is 6.08. The highest BCUT2D eigenvalue weighted by atomic mass is 32.2. The van der Waals surface area contributed by atoms with Gasteiger partial charge in [-0.3, -0.25) is 4.79 Å². The van der Waals surface area contributed by atoms with Crippen molar-refractivity contribution < 1.29 is 14.7 Å². The third kappa shape index (κ3) is 7.60. The maximum absolute atomic E-state index is 11.7. The van der Waals surface area contributed by atoms with E-state index < -0.39 is 5.97 Å². The van der Waals surface area contributed by atoms with Crippen molar-refractivity contribution in [3.63, 3.8) is 0 Å². The van der Waals surface area contributed by atoms with E-state index in [4.69, 9.17) is 5.11 Å². The normalized spacial score (nSPS) is 11.7. The molecule has 1 aromatic carbocycles. The number of hydrogen-bond acceptors (Lipinski definition) is 3. The van der Waals surface area contributed by atoms with E-state index in [2.05, 4.69) is 23.8 Å². The first-order chi connectivity index (χ1) is 10.0. The molecule has 1 aromatic rings. The maximum atomic E-state index is 11.7. The number of carbonyl (C=O) groups is 2. The Hall–Kier alpha value is -1.69. The van der Waals surface area contributed by atoms with Gasteiger partial charge in [0.2, 0.25) is 0 Å². The van der Waals surface area contributed by atoms with Gasteiger partial charge in [0.05, 0.1) is 0 Å². The number of aryl methyl sites for hydroxylation is 1. The molecule has 3 N–H and O–H groups in total. The van der Waals surface area contributed by atoms with Crippen molar-refractivity contribution in [1.82, 2.24) is 5.32 Å². The van der Waals surface area contributed by atoms with Crippen LogP contribution in [0.4, 0.5) is 10.5 Å². The van der Waals surface area contributed by atoms with Crippen LogP contribution in [0.3, 0.4) is 0 Å². The summed E-state index contributed by atoms with van der Waals surface area (Å²) in [6.45, 7) is 2.77. The predicted molar refractivity (Wildman–Crippen MR) is 87.0 cm³/mol. The zero-order valence-electron chi connectivity index (χ0n) is 12.4. The number of carboxylic acids is 1. The number of thioether (sulfide) groups is 1. The molecule has 0 bridgehead atoms. The Balaban J connectivity index is 2.34. The summed E-state index contributed by atoms with van der Waals surface area (Å²) in [6, 6.07) is 6.99. The maximum Gasteiger partial charge on any atom is 0.319 e. The number of amides is 2. The van der Waals surface area contributed by atoms with Gasteiger partial charge in [-0.15, -0.1) is 0 Å². The lowest BCUT2D eigenvalue weighted by Crippen LogP contribution is -2.30. The van der Waals surface area contributed by atoms with Crippen LogP contribution in [0.2, 0.25) is 0 Å². The average molecular weight is 310 g/mol. The molecule has 0 saturated heterocycles. The summed E-state index contributed by atoms with van der Waals surface area (Å²) in [5, 5.41) is 14.7.